The molecule has 2 rings (SSSR count). The van der Waals surface area contributed by atoms with Crippen LogP contribution >= 0.6 is 0 Å². The van der Waals surface area contributed by atoms with Gasteiger partial charge in [-0.3, -0.25) is 4.68 Å². The van der Waals surface area contributed by atoms with Gasteiger partial charge in [-0.25, -0.2) is 0 Å². The van der Waals surface area contributed by atoms with Gasteiger partial charge in [-0.2, -0.15) is 5.10 Å². The minimum absolute atomic E-state index is 0.434. The second-order valence-corrected chi connectivity index (χ2v) is 6.08. The van der Waals surface area contributed by atoms with Crippen molar-refractivity contribution in [1.29, 1.82) is 0 Å². The minimum atomic E-state index is 0.434. The lowest BCUT2D eigenvalue weighted by molar-refractivity contribution is 0.121. The Labute approximate surface area is 116 Å². The standard InChI is InChI=1S/C15H27N3O/c1-13(2)18-9-5-14(17-18)11-15(6-4-7-15)12-16-8-10-19-3/h5,9,13,16H,4,6-8,10-12H2,1-3H3. The first-order valence-electron chi connectivity index (χ1n) is 7.39. The zero-order valence-electron chi connectivity index (χ0n) is 12.5. The highest BCUT2D eigenvalue weighted by Gasteiger charge is 2.37. The molecule has 1 aliphatic carbocycles. The molecule has 1 aromatic rings. The van der Waals surface area contributed by atoms with Crippen molar-refractivity contribution < 1.29 is 4.74 Å². The summed E-state index contributed by atoms with van der Waals surface area (Å²) in [6, 6.07) is 2.63. The average Bonchev–Trinajstić information content (AvgIpc) is 2.79. The predicted octanol–water partition coefficient (Wildman–Crippen LogP) is 2.41. The van der Waals surface area contributed by atoms with E-state index in [1.165, 1.54) is 25.0 Å². The summed E-state index contributed by atoms with van der Waals surface area (Å²) in [7, 11) is 1.75. The number of methoxy groups -OCH3 is 1. The molecule has 0 bridgehead atoms. The van der Waals surface area contributed by atoms with Crippen LogP contribution in [0, 0.1) is 5.41 Å². The number of nitrogens with one attached hydrogen (secondary N) is 1. The number of aromatic nitrogens is 2. The van der Waals surface area contributed by atoms with Gasteiger partial charge in [-0.15, -0.1) is 0 Å². The van der Waals surface area contributed by atoms with Crippen LogP contribution in [0.15, 0.2) is 12.3 Å². The summed E-state index contributed by atoms with van der Waals surface area (Å²) in [5.74, 6) is 0. The van der Waals surface area contributed by atoms with Gasteiger partial charge in [0.05, 0.1) is 12.3 Å². The molecule has 0 amide bonds. The van der Waals surface area contributed by atoms with E-state index >= 15 is 0 Å². The summed E-state index contributed by atoms with van der Waals surface area (Å²) in [5, 5.41) is 8.20. The van der Waals surface area contributed by atoms with Crippen molar-refractivity contribution in [2.75, 3.05) is 26.8 Å². The molecule has 108 valence electrons. The van der Waals surface area contributed by atoms with Gasteiger partial charge in [0.25, 0.3) is 0 Å². The Morgan fingerprint density at radius 3 is 2.79 bits per heavy atom. The van der Waals surface area contributed by atoms with Gasteiger partial charge >= 0.3 is 0 Å². The number of hydrogen-bond donors (Lipinski definition) is 1. The summed E-state index contributed by atoms with van der Waals surface area (Å²) in [4.78, 5) is 0. The Kier molecular flexibility index (Phi) is 4.99. The molecule has 1 fully saturated rings. The average molecular weight is 265 g/mol. The summed E-state index contributed by atoms with van der Waals surface area (Å²) < 4.78 is 7.13. The zero-order valence-corrected chi connectivity index (χ0v) is 12.5. The van der Waals surface area contributed by atoms with Crippen molar-refractivity contribution in [1.82, 2.24) is 15.1 Å². The quantitative estimate of drug-likeness (QED) is 0.734. The van der Waals surface area contributed by atoms with E-state index in [1.54, 1.807) is 7.11 Å². The first-order chi connectivity index (χ1) is 9.15. The van der Waals surface area contributed by atoms with Crippen LogP contribution in [0.2, 0.25) is 0 Å². The molecule has 4 nitrogen and oxygen atoms in total. The van der Waals surface area contributed by atoms with E-state index in [0.29, 0.717) is 11.5 Å². The van der Waals surface area contributed by atoms with Crippen molar-refractivity contribution in [3.63, 3.8) is 0 Å². The van der Waals surface area contributed by atoms with E-state index in [1.807, 2.05) is 0 Å². The molecule has 1 aliphatic rings. The molecule has 0 aliphatic heterocycles. The fourth-order valence-corrected chi connectivity index (χ4v) is 2.76. The van der Waals surface area contributed by atoms with Crippen molar-refractivity contribution in [2.45, 2.75) is 45.6 Å². The highest BCUT2D eigenvalue weighted by atomic mass is 16.5. The highest BCUT2D eigenvalue weighted by molar-refractivity contribution is 5.06. The Morgan fingerprint density at radius 2 is 2.26 bits per heavy atom. The Bertz CT molecular complexity index is 382. The van der Waals surface area contributed by atoms with Crippen molar-refractivity contribution in [3.05, 3.63) is 18.0 Å². The zero-order chi connectivity index (χ0) is 13.7. The maximum absolute atomic E-state index is 5.08. The number of ether oxygens (including phenoxy) is 1. The fraction of sp³-hybridized carbons (Fsp3) is 0.800. The number of rotatable bonds is 8. The molecule has 0 saturated heterocycles. The first-order valence-corrected chi connectivity index (χ1v) is 7.39. The molecule has 0 spiro atoms. The van der Waals surface area contributed by atoms with E-state index in [2.05, 4.69) is 41.2 Å². The number of nitrogens with zero attached hydrogens (tertiary/aromatic N) is 2. The molecule has 19 heavy (non-hydrogen) atoms. The molecule has 0 unspecified atom stereocenters. The normalized spacial score (nSPS) is 17.7. The van der Waals surface area contributed by atoms with Crippen LogP contribution < -0.4 is 5.32 Å². The van der Waals surface area contributed by atoms with Crippen LogP contribution in [-0.2, 0) is 11.2 Å². The largest absolute Gasteiger partial charge is 0.383 e. The van der Waals surface area contributed by atoms with E-state index in [0.717, 1.165) is 26.1 Å². The smallest absolute Gasteiger partial charge is 0.0630 e. The molecule has 4 heteroatoms. The molecule has 1 aromatic heterocycles. The highest BCUT2D eigenvalue weighted by Crippen LogP contribution is 2.42. The van der Waals surface area contributed by atoms with Gasteiger partial charge in [-0.1, -0.05) is 6.42 Å². The van der Waals surface area contributed by atoms with Crippen LogP contribution in [0.1, 0.15) is 44.8 Å². The topological polar surface area (TPSA) is 39.1 Å². The van der Waals surface area contributed by atoms with Gasteiger partial charge < -0.3 is 10.1 Å². The van der Waals surface area contributed by atoms with Crippen LogP contribution in [0.25, 0.3) is 0 Å². The molecule has 0 atom stereocenters. The van der Waals surface area contributed by atoms with Crippen LogP contribution in [-0.4, -0.2) is 36.6 Å². The molecule has 0 aromatic carbocycles. The van der Waals surface area contributed by atoms with Crippen LogP contribution in [0.4, 0.5) is 0 Å². The second kappa shape index (κ2) is 6.53. The Morgan fingerprint density at radius 1 is 1.47 bits per heavy atom. The lowest BCUT2D eigenvalue weighted by Gasteiger charge is -2.42. The summed E-state index contributed by atoms with van der Waals surface area (Å²) in [6.07, 6.45) is 7.21. The van der Waals surface area contributed by atoms with E-state index in [9.17, 15) is 0 Å². The second-order valence-electron chi connectivity index (χ2n) is 6.08. The number of hydrogen-bond acceptors (Lipinski definition) is 3. The predicted molar refractivity (Wildman–Crippen MR) is 77.3 cm³/mol. The van der Waals surface area contributed by atoms with Crippen LogP contribution in [0.3, 0.4) is 0 Å². The monoisotopic (exact) mass is 265 g/mol. The summed E-state index contributed by atoms with van der Waals surface area (Å²) in [6.45, 7) is 7.16. The first kappa shape index (κ1) is 14.5. The lowest BCUT2D eigenvalue weighted by Crippen LogP contribution is -2.42. The van der Waals surface area contributed by atoms with E-state index < -0.39 is 0 Å². The van der Waals surface area contributed by atoms with Crippen molar-refractivity contribution in [3.8, 4) is 0 Å². The molecule has 0 radical (unpaired) electrons. The fourth-order valence-electron chi connectivity index (χ4n) is 2.76. The Balaban J connectivity index is 1.86. The van der Waals surface area contributed by atoms with Crippen molar-refractivity contribution in [2.24, 2.45) is 5.41 Å². The summed E-state index contributed by atoms with van der Waals surface area (Å²) >= 11 is 0. The maximum Gasteiger partial charge on any atom is 0.0630 e. The van der Waals surface area contributed by atoms with E-state index in [4.69, 9.17) is 4.74 Å². The van der Waals surface area contributed by atoms with E-state index in [-0.39, 0.29) is 0 Å². The molecule has 1 heterocycles. The third-order valence-electron chi connectivity index (χ3n) is 4.15. The van der Waals surface area contributed by atoms with Gasteiger partial charge in [0.2, 0.25) is 0 Å². The van der Waals surface area contributed by atoms with Gasteiger partial charge in [0.1, 0.15) is 0 Å². The molecular formula is C15H27N3O. The Hall–Kier alpha value is -0.870. The summed E-state index contributed by atoms with van der Waals surface area (Å²) in [5.41, 5.74) is 1.67. The molecular weight excluding hydrogens is 238 g/mol. The van der Waals surface area contributed by atoms with Gasteiger partial charge in [0, 0.05) is 32.4 Å². The van der Waals surface area contributed by atoms with Gasteiger partial charge in [-0.05, 0) is 44.6 Å². The van der Waals surface area contributed by atoms with Crippen LogP contribution in [0.5, 0.6) is 0 Å². The third-order valence-corrected chi connectivity index (χ3v) is 4.15. The molecule has 1 N–H and O–H groups in total. The van der Waals surface area contributed by atoms with Crippen molar-refractivity contribution >= 4 is 0 Å². The third kappa shape index (κ3) is 3.80. The SMILES string of the molecule is COCCNCC1(Cc2ccn(C(C)C)n2)CCC1. The lowest BCUT2D eigenvalue weighted by atomic mass is 9.66. The van der Waals surface area contributed by atoms with Gasteiger partial charge in [0.15, 0.2) is 0 Å². The minimum Gasteiger partial charge on any atom is -0.383 e. The molecule has 1 saturated carbocycles. The maximum atomic E-state index is 5.08.